The Labute approximate surface area is 153 Å². The molecule has 0 spiro atoms. The van der Waals surface area contributed by atoms with Crippen LogP contribution in [-0.4, -0.2) is 88.5 Å². The first-order chi connectivity index (χ1) is 12.2. The summed E-state index contributed by atoms with van der Waals surface area (Å²) in [5, 5.41) is 3.55. The Balaban J connectivity index is 1.60. The second-order valence-corrected chi connectivity index (χ2v) is 7.40. The molecule has 0 unspecified atom stereocenters. The normalized spacial score (nSPS) is 21.7. The van der Waals surface area contributed by atoms with E-state index in [0.29, 0.717) is 6.10 Å². The molecule has 0 aromatic carbocycles. The largest absolute Gasteiger partial charge is 0.385 e. The summed E-state index contributed by atoms with van der Waals surface area (Å²) >= 11 is 0. The standard InChI is InChI=1S/C19H38N4O2/c1-17-5-10-22(11-6-17)14-9-21-19(20-2)23-12-7-18(8-13-23)25-16-4-15-24-3/h17-18H,4-16H2,1-3H3,(H,20,21). The zero-order valence-electron chi connectivity index (χ0n) is 16.5. The third kappa shape index (κ3) is 7.50. The van der Waals surface area contributed by atoms with Gasteiger partial charge in [-0.15, -0.1) is 0 Å². The van der Waals surface area contributed by atoms with Crippen LogP contribution in [0.3, 0.4) is 0 Å². The van der Waals surface area contributed by atoms with Gasteiger partial charge in [0.25, 0.3) is 0 Å². The molecule has 6 heteroatoms. The van der Waals surface area contributed by atoms with Crippen LogP contribution in [-0.2, 0) is 9.47 Å². The Kier molecular flexibility index (Phi) is 9.58. The molecule has 0 atom stereocenters. The molecule has 2 aliphatic heterocycles. The number of methoxy groups -OCH3 is 1. The number of nitrogens with zero attached hydrogens (tertiary/aromatic N) is 3. The van der Waals surface area contributed by atoms with Crippen molar-refractivity contribution < 1.29 is 9.47 Å². The van der Waals surface area contributed by atoms with E-state index in [1.807, 2.05) is 7.05 Å². The van der Waals surface area contributed by atoms with Gasteiger partial charge < -0.3 is 24.6 Å². The molecule has 0 saturated carbocycles. The lowest BCUT2D eigenvalue weighted by atomic mass is 9.99. The smallest absolute Gasteiger partial charge is 0.193 e. The molecule has 0 aromatic rings. The van der Waals surface area contributed by atoms with Crippen LogP contribution >= 0.6 is 0 Å². The second-order valence-electron chi connectivity index (χ2n) is 7.40. The van der Waals surface area contributed by atoms with Gasteiger partial charge in [-0.05, 0) is 51.1 Å². The van der Waals surface area contributed by atoms with Gasteiger partial charge in [-0.3, -0.25) is 4.99 Å². The predicted molar refractivity (Wildman–Crippen MR) is 103 cm³/mol. The van der Waals surface area contributed by atoms with Crippen molar-refractivity contribution in [2.45, 2.75) is 45.1 Å². The Morgan fingerprint density at radius 1 is 1.08 bits per heavy atom. The molecule has 0 amide bonds. The lowest BCUT2D eigenvalue weighted by Gasteiger charge is -2.35. The molecule has 0 bridgehead atoms. The first-order valence-corrected chi connectivity index (χ1v) is 10.0. The van der Waals surface area contributed by atoms with Crippen LogP contribution in [0.4, 0.5) is 0 Å². The SMILES string of the molecule is CN=C(NCCN1CCC(C)CC1)N1CCC(OCCCOC)CC1. The van der Waals surface area contributed by atoms with Crippen LogP contribution in [0.2, 0.25) is 0 Å². The molecule has 0 aliphatic carbocycles. The minimum atomic E-state index is 0.390. The van der Waals surface area contributed by atoms with Gasteiger partial charge in [-0.25, -0.2) is 0 Å². The van der Waals surface area contributed by atoms with Gasteiger partial charge in [0.15, 0.2) is 5.96 Å². The van der Waals surface area contributed by atoms with Gasteiger partial charge in [0.05, 0.1) is 6.10 Å². The minimum Gasteiger partial charge on any atom is -0.385 e. The number of rotatable bonds is 8. The quantitative estimate of drug-likeness (QED) is 0.409. The fraction of sp³-hybridized carbons (Fsp3) is 0.947. The summed E-state index contributed by atoms with van der Waals surface area (Å²) in [7, 11) is 3.63. The van der Waals surface area contributed by atoms with Crippen molar-refractivity contribution in [3.8, 4) is 0 Å². The lowest BCUT2D eigenvalue weighted by molar-refractivity contribution is 0.00989. The molecule has 2 aliphatic rings. The molecule has 2 rings (SSSR count). The summed E-state index contributed by atoms with van der Waals surface area (Å²) in [5.74, 6) is 1.94. The number of hydrogen-bond donors (Lipinski definition) is 1. The van der Waals surface area contributed by atoms with E-state index in [-0.39, 0.29) is 0 Å². The molecular weight excluding hydrogens is 316 g/mol. The molecule has 2 fully saturated rings. The van der Waals surface area contributed by atoms with Crippen molar-refractivity contribution in [1.82, 2.24) is 15.1 Å². The maximum atomic E-state index is 5.94. The van der Waals surface area contributed by atoms with Crippen LogP contribution in [0.5, 0.6) is 0 Å². The van der Waals surface area contributed by atoms with Crippen molar-refractivity contribution >= 4 is 5.96 Å². The summed E-state index contributed by atoms with van der Waals surface area (Å²) in [6.07, 6.45) is 6.21. The summed E-state index contributed by atoms with van der Waals surface area (Å²) in [4.78, 5) is 9.41. The number of guanidine groups is 1. The molecule has 2 saturated heterocycles. The third-order valence-corrected chi connectivity index (χ3v) is 5.39. The highest BCUT2D eigenvalue weighted by atomic mass is 16.5. The number of aliphatic imine (C=N–C) groups is 1. The number of ether oxygens (including phenoxy) is 2. The van der Waals surface area contributed by atoms with E-state index in [0.717, 1.165) is 70.5 Å². The number of likely N-dealkylation sites (tertiary alicyclic amines) is 2. The lowest BCUT2D eigenvalue weighted by Crippen LogP contribution is -2.49. The van der Waals surface area contributed by atoms with Crippen molar-refractivity contribution in [2.75, 3.05) is 66.6 Å². The molecule has 146 valence electrons. The fourth-order valence-electron chi connectivity index (χ4n) is 3.63. The maximum absolute atomic E-state index is 5.94. The van der Waals surface area contributed by atoms with Crippen LogP contribution in [0.1, 0.15) is 39.0 Å². The summed E-state index contributed by atoms with van der Waals surface area (Å²) in [6, 6.07) is 0. The van der Waals surface area contributed by atoms with Crippen molar-refractivity contribution in [3.05, 3.63) is 0 Å². The highest BCUT2D eigenvalue weighted by Crippen LogP contribution is 2.16. The van der Waals surface area contributed by atoms with Crippen molar-refractivity contribution in [3.63, 3.8) is 0 Å². The first kappa shape index (κ1) is 20.5. The second kappa shape index (κ2) is 11.7. The molecule has 6 nitrogen and oxygen atoms in total. The molecule has 25 heavy (non-hydrogen) atoms. The van der Waals surface area contributed by atoms with Gasteiger partial charge in [0, 0.05) is 53.6 Å². The van der Waals surface area contributed by atoms with Crippen LogP contribution in [0, 0.1) is 5.92 Å². The summed E-state index contributed by atoms with van der Waals surface area (Å²) in [6.45, 7) is 10.6. The number of piperidine rings is 2. The van der Waals surface area contributed by atoms with Gasteiger partial charge in [-0.1, -0.05) is 6.92 Å². The summed E-state index contributed by atoms with van der Waals surface area (Å²) < 4.78 is 11.0. The van der Waals surface area contributed by atoms with Gasteiger partial charge >= 0.3 is 0 Å². The monoisotopic (exact) mass is 354 g/mol. The van der Waals surface area contributed by atoms with E-state index in [1.165, 1.54) is 25.9 Å². The first-order valence-electron chi connectivity index (χ1n) is 10.0. The molecule has 0 radical (unpaired) electrons. The highest BCUT2D eigenvalue weighted by Gasteiger charge is 2.22. The molecule has 1 N–H and O–H groups in total. The average Bonchev–Trinajstić information content (AvgIpc) is 2.65. The van der Waals surface area contributed by atoms with Crippen LogP contribution < -0.4 is 5.32 Å². The highest BCUT2D eigenvalue weighted by molar-refractivity contribution is 5.79. The molecular formula is C19H38N4O2. The van der Waals surface area contributed by atoms with Gasteiger partial charge in [0.1, 0.15) is 0 Å². The van der Waals surface area contributed by atoms with Crippen LogP contribution in [0.15, 0.2) is 4.99 Å². The van der Waals surface area contributed by atoms with Crippen molar-refractivity contribution in [2.24, 2.45) is 10.9 Å². The van der Waals surface area contributed by atoms with E-state index in [4.69, 9.17) is 9.47 Å². The zero-order chi connectivity index (χ0) is 17.9. The number of hydrogen-bond acceptors (Lipinski definition) is 4. The van der Waals surface area contributed by atoms with Gasteiger partial charge in [-0.2, -0.15) is 0 Å². The van der Waals surface area contributed by atoms with E-state index in [2.05, 4.69) is 27.0 Å². The minimum absolute atomic E-state index is 0.390. The molecule has 0 aromatic heterocycles. The van der Waals surface area contributed by atoms with E-state index in [9.17, 15) is 0 Å². The fourth-order valence-corrected chi connectivity index (χ4v) is 3.63. The van der Waals surface area contributed by atoms with Crippen molar-refractivity contribution in [1.29, 1.82) is 0 Å². The van der Waals surface area contributed by atoms with E-state index in [1.54, 1.807) is 7.11 Å². The summed E-state index contributed by atoms with van der Waals surface area (Å²) in [5.41, 5.74) is 0. The maximum Gasteiger partial charge on any atom is 0.193 e. The van der Waals surface area contributed by atoms with Crippen LogP contribution in [0.25, 0.3) is 0 Å². The van der Waals surface area contributed by atoms with E-state index < -0.39 is 0 Å². The number of nitrogens with one attached hydrogen (secondary N) is 1. The topological polar surface area (TPSA) is 49.3 Å². The molecule has 2 heterocycles. The Morgan fingerprint density at radius 2 is 1.80 bits per heavy atom. The predicted octanol–water partition coefficient (Wildman–Crippen LogP) is 1.81. The van der Waals surface area contributed by atoms with E-state index >= 15 is 0 Å². The van der Waals surface area contributed by atoms with Gasteiger partial charge in [0.2, 0.25) is 0 Å². The third-order valence-electron chi connectivity index (χ3n) is 5.39. The zero-order valence-corrected chi connectivity index (χ0v) is 16.5. The average molecular weight is 355 g/mol. The Morgan fingerprint density at radius 3 is 2.44 bits per heavy atom. The Hall–Kier alpha value is -0.850. The Bertz CT molecular complexity index is 376.